The highest BCUT2D eigenvalue weighted by atomic mass is 16.3. The van der Waals surface area contributed by atoms with Gasteiger partial charge in [-0.3, -0.25) is 4.79 Å². The lowest BCUT2D eigenvalue weighted by Gasteiger charge is -2.11. The van der Waals surface area contributed by atoms with Crippen molar-refractivity contribution in [3.8, 4) is 0 Å². The summed E-state index contributed by atoms with van der Waals surface area (Å²) in [6, 6.07) is 9.52. The molecule has 0 saturated heterocycles. The Hall–Kier alpha value is -1.61. The summed E-state index contributed by atoms with van der Waals surface area (Å²) >= 11 is 0. The van der Waals surface area contributed by atoms with E-state index in [0.29, 0.717) is 12.1 Å². The fourth-order valence-electron chi connectivity index (χ4n) is 1.62. The predicted octanol–water partition coefficient (Wildman–Crippen LogP) is 1.59. The van der Waals surface area contributed by atoms with Crippen LogP contribution in [-0.4, -0.2) is 24.0 Å². The van der Waals surface area contributed by atoms with E-state index in [1.165, 1.54) is 0 Å². The van der Waals surface area contributed by atoms with Crippen LogP contribution in [0.4, 0.5) is 0 Å². The van der Waals surface area contributed by atoms with Crippen LogP contribution in [0.1, 0.15) is 19.4 Å². The fourth-order valence-corrected chi connectivity index (χ4v) is 1.62. The van der Waals surface area contributed by atoms with Gasteiger partial charge in [0.1, 0.15) is 0 Å². The molecule has 1 aromatic carbocycles. The van der Waals surface area contributed by atoms with E-state index < -0.39 is 0 Å². The number of hydrogen-bond donors (Lipinski definition) is 2. The molecule has 0 fully saturated rings. The largest absolute Gasteiger partial charge is 0.395 e. The molecule has 0 radical (unpaired) electrons. The summed E-state index contributed by atoms with van der Waals surface area (Å²) in [5, 5.41) is 11.8. The second-order valence-electron chi connectivity index (χ2n) is 3.57. The zero-order valence-electron chi connectivity index (χ0n) is 9.66. The minimum absolute atomic E-state index is 0.0224. The maximum Gasteiger partial charge on any atom is 0.162 e. The Morgan fingerprint density at radius 1 is 1.25 bits per heavy atom. The Labute approximate surface area is 95.8 Å². The molecule has 0 aromatic heterocycles. The predicted molar refractivity (Wildman–Crippen MR) is 64.8 cm³/mol. The number of carbonyl (C=O) groups is 1. The molecule has 0 amide bonds. The second kappa shape index (κ2) is 6.08. The molecule has 0 aliphatic heterocycles. The monoisotopic (exact) mass is 219 g/mol. The molecule has 0 bridgehead atoms. The van der Waals surface area contributed by atoms with Crippen LogP contribution >= 0.6 is 0 Å². The third kappa shape index (κ3) is 3.21. The SMILES string of the molecule is CC(=O)/C(=C(/C)NCCO)c1ccccc1. The summed E-state index contributed by atoms with van der Waals surface area (Å²) in [5.74, 6) is 0.0224. The normalized spacial score (nSPS) is 11.9. The summed E-state index contributed by atoms with van der Waals surface area (Å²) in [7, 11) is 0. The van der Waals surface area contributed by atoms with Crippen molar-refractivity contribution in [3.63, 3.8) is 0 Å². The van der Waals surface area contributed by atoms with Gasteiger partial charge in [-0.05, 0) is 19.4 Å². The van der Waals surface area contributed by atoms with E-state index in [0.717, 1.165) is 11.3 Å². The first-order chi connectivity index (χ1) is 7.66. The lowest BCUT2D eigenvalue weighted by atomic mass is 10.0. The van der Waals surface area contributed by atoms with Gasteiger partial charge in [0, 0.05) is 17.8 Å². The van der Waals surface area contributed by atoms with Gasteiger partial charge in [0.2, 0.25) is 0 Å². The van der Waals surface area contributed by atoms with Gasteiger partial charge in [0.25, 0.3) is 0 Å². The molecule has 3 heteroatoms. The van der Waals surface area contributed by atoms with Crippen molar-refractivity contribution in [2.45, 2.75) is 13.8 Å². The van der Waals surface area contributed by atoms with Crippen LogP contribution in [0.15, 0.2) is 36.0 Å². The Morgan fingerprint density at radius 3 is 2.38 bits per heavy atom. The van der Waals surface area contributed by atoms with Gasteiger partial charge in [-0.2, -0.15) is 0 Å². The highest BCUT2D eigenvalue weighted by Crippen LogP contribution is 2.18. The molecule has 16 heavy (non-hydrogen) atoms. The second-order valence-corrected chi connectivity index (χ2v) is 3.57. The van der Waals surface area contributed by atoms with Crippen LogP contribution in [0.3, 0.4) is 0 Å². The Morgan fingerprint density at radius 2 is 1.88 bits per heavy atom. The molecule has 0 atom stereocenters. The zero-order chi connectivity index (χ0) is 12.0. The number of Topliss-reactive ketones (excluding diaryl/α,β-unsaturated/α-hetero) is 1. The number of carbonyl (C=O) groups excluding carboxylic acids is 1. The Balaban J connectivity index is 3.04. The van der Waals surface area contributed by atoms with Gasteiger partial charge in [-0.25, -0.2) is 0 Å². The lowest BCUT2D eigenvalue weighted by molar-refractivity contribution is -0.111. The Bertz CT molecular complexity index is 382. The molecular formula is C13H17NO2. The first-order valence-electron chi connectivity index (χ1n) is 5.28. The smallest absolute Gasteiger partial charge is 0.162 e. The molecule has 0 heterocycles. The number of aliphatic hydroxyl groups excluding tert-OH is 1. The van der Waals surface area contributed by atoms with Crippen LogP contribution in [0.25, 0.3) is 5.57 Å². The number of rotatable bonds is 5. The maximum atomic E-state index is 11.6. The third-order valence-electron chi connectivity index (χ3n) is 2.29. The van der Waals surface area contributed by atoms with Crippen molar-refractivity contribution in [3.05, 3.63) is 41.6 Å². The van der Waals surface area contributed by atoms with E-state index in [1.807, 2.05) is 37.3 Å². The maximum absolute atomic E-state index is 11.6. The Kier molecular flexibility index (Phi) is 4.73. The van der Waals surface area contributed by atoms with Crippen molar-refractivity contribution in [2.24, 2.45) is 0 Å². The standard InChI is InChI=1S/C13H17NO2/c1-10(14-8-9-15)13(11(2)16)12-6-4-3-5-7-12/h3-7,14-15H,8-9H2,1-2H3/b13-10+. The first kappa shape index (κ1) is 12.5. The van der Waals surface area contributed by atoms with E-state index in [1.54, 1.807) is 6.92 Å². The minimum atomic E-state index is 0.0224. The van der Waals surface area contributed by atoms with Gasteiger partial charge >= 0.3 is 0 Å². The summed E-state index contributed by atoms with van der Waals surface area (Å²) in [6.07, 6.45) is 0. The highest BCUT2D eigenvalue weighted by Gasteiger charge is 2.10. The van der Waals surface area contributed by atoms with Crippen LogP contribution < -0.4 is 5.32 Å². The molecule has 1 aromatic rings. The molecule has 0 saturated carbocycles. The number of hydrogen-bond acceptors (Lipinski definition) is 3. The van der Waals surface area contributed by atoms with Crippen LogP contribution in [0.2, 0.25) is 0 Å². The molecular weight excluding hydrogens is 202 g/mol. The molecule has 0 spiro atoms. The average molecular weight is 219 g/mol. The highest BCUT2D eigenvalue weighted by molar-refractivity contribution is 6.20. The van der Waals surface area contributed by atoms with Gasteiger partial charge in [0.15, 0.2) is 5.78 Å². The van der Waals surface area contributed by atoms with Crippen molar-refractivity contribution in [1.82, 2.24) is 5.32 Å². The van der Waals surface area contributed by atoms with Gasteiger partial charge in [0.05, 0.1) is 6.61 Å². The van der Waals surface area contributed by atoms with Gasteiger partial charge in [-0.1, -0.05) is 30.3 Å². The summed E-state index contributed by atoms with van der Waals surface area (Å²) in [5.41, 5.74) is 2.37. The lowest BCUT2D eigenvalue weighted by Crippen LogP contribution is -2.18. The van der Waals surface area contributed by atoms with Crippen molar-refractivity contribution in [1.29, 1.82) is 0 Å². The molecule has 0 aliphatic carbocycles. The minimum Gasteiger partial charge on any atom is -0.395 e. The average Bonchev–Trinajstić information content (AvgIpc) is 2.27. The van der Waals surface area contributed by atoms with Crippen LogP contribution in [0.5, 0.6) is 0 Å². The van der Waals surface area contributed by atoms with E-state index in [4.69, 9.17) is 5.11 Å². The van der Waals surface area contributed by atoms with E-state index in [-0.39, 0.29) is 12.4 Å². The van der Waals surface area contributed by atoms with Crippen LogP contribution in [-0.2, 0) is 4.79 Å². The molecule has 3 nitrogen and oxygen atoms in total. The van der Waals surface area contributed by atoms with Gasteiger partial charge in [-0.15, -0.1) is 0 Å². The van der Waals surface area contributed by atoms with E-state index in [9.17, 15) is 4.79 Å². The molecule has 1 rings (SSSR count). The number of benzene rings is 1. The van der Waals surface area contributed by atoms with Crippen LogP contribution in [0, 0.1) is 0 Å². The molecule has 0 unspecified atom stereocenters. The topological polar surface area (TPSA) is 49.3 Å². The first-order valence-corrected chi connectivity index (χ1v) is 5.28. The number of allylic oxidation sites excluding steroid dienone is 2. The van der Waals surface area contributed by atoms with E-state index in [2.05, 4.69) is 5.32 Å². The van der Waals surface area contributed by atoms with Gasteiger partial charge < -0.3 is 10.4 Å². The molecule has 86 valence electrons. The number of nitrogens with one attached hydrogen (secondary N) is 1. The number of ketones is 1. The molecule has 2 N–H and O–H groups in total. The quantitative estimate of drug-likeness (QED) is 0.739. The molecule has 0 aliphatic rings. The number of aliphatic hydroxyl groups is 1. The summed E-state index contributed by atoms with van der Waals surface area (Å²) in [6.45, 7) is 3.90. The van der Waals surface area contributed by atoms with E-state index >= 15 is 0 Å². The van der Waals surface area contributed by atoms with Crippen molar-refractivity contribution in [2.75, 3.05) is 13.2 Å². The van der Waals surface area contributed by atoms with Crippen molar-refractivity contribution < 1.29 is 9.90 Å². The summed E-state index contributed by atoms with van der Waals surface area (Å²) in [4.78, 5) is 11.6. The zero-order valence-corrected chi connectivity index (χ0v) is 9.66. The van der Waals surface area contributed by atoms with Crippen molar-refractivity contribution >= 4 is 11.4 Å². The summed E-state index contributed by atoms with van der Waals surface area (Å²) < 4.78 is 0. The fraction of sp³-hybridized carbons (Fsp3) is 0.308. The third-order valence-corrected chi connectivity index (χ3v) is 2.29.